The third-order valence-corrected chi connectivity index (χ3v) is 4.32. The number of aromatic nitrogens is 2. The highest BCUT2D eigenvalue weighted by Gasteiger charge is 2.19. The van der Waals surface area contributed by atoms with E-state index in [0.717, 1.165) is 0 Å². The molecular formula is C21H21FN4O2. The fourth-order valence-electron chi connectivity index (χ4n) is 2.94. The first-order valence-electron chi connectivity index (χ1n) is 8.91. The van der Waals surface area contributed by atoms with E-state index >= 15 is 0 Å². The monoisotopic (exact) mass is 380 g/mol. The average molecular weight is 380 g/mol. The second-order valence-electron chi connectivity index (χ2n) is 6.31. The summed E-state index contributed by atoms with van der Waals surface area (Å²) < 4.78 is 14.7. The van der Waals surface area contributed by atoms with Gasteiger partial charge in [-0.05, 0) is 50.2 Å². The van der Waals surface area contributed by atoms with Crippen LogP contribution in [0.1, 0.15) is 32.1 Å². The maximum absolute atomic E-state index is 13.1. The van der Waals surface area contributed by atoms with Crippen molar-refractivity contribution >= 4 is 11.8 Å². The SMILES string of the molecule is Cc1nn(-c2ccc(F)cc2)c(C)c1C(=O)NCCNC(=O)c1ccccc1. The van der Waals surface area contributed by atoms with Crippen LogP contribution in [0.15, 0.2) is 54.6 Å². The Morgan fingerprint density at radius 1 is 0.929 bits per heavy atom. The maximum Gasteiger partial charge on any atom is 0.255 e. The number of carbonyl (C=O) groups is 2. The molecule has 144 valence electrons. The molecule has 0 bridgehead atoms. The molecule has 0 saturated heterocycles. The van der Waals surface area contributed by atoms with Crippen molar-refractivity contribution in [3.05, 3.63) is 82.9 Å². The highest BCUT2D eigenvalue weighted by Crippen LogP contribution is 2.18. The molecule has 0 fully saturated rings. The van der Waals surface area contributed by atoms with Gasteiger partial charge in [0.15, 0.2) is 0 Å². The van der Waals surface area contributed by atoms with E-state index in [4.69, 9.17) is 0 Å². The number of benzene rings is 2. The first-order valence-corrected chi connectivity index (χ1v) is 8.91. The molecule has 0 aliphatic carbocycles. The van der Waals surface area contributed by atoms with E-state index in [0.29, 0.717) is 34.7 Å². The van der Waals surface area contributed by atoms with Crippen molar-refractivity contribution < 1.29 is 14.0 Å². The lowest BCUT2D eigenvalue weighted by molar-refractivity contribution is 0.0927. The standard InChI is InChI=1S/C21H21FN4O2/c1-14-19(15(2)26(25-14)18-10-8-17(22)9-11-18)21(28)24-13-12-23-20(27)16-6-4-3-5-7-16/h3-11H,12-13H2,1-2H3,(H,23,27)(H,24,28). The summed E-state index contributed by atoms with van der Waals surface area (Å²) in [7, 11) is 0. The number of nitrogens with zero attached hydrogens (tertiary/aromatic N) is 2. The van der Waals surface area contributed by atoms with Crippen LogP contribution < -0.4 is 10.6 Å². The molecule has 2 aromatic carbocycles. The van der Waals surface area contributed by atoms with Gasteiger partial charge in [0, 0.05) is 18.7 Å². The zero-order chi connectivity index (χ0) is 20.1. The first kappa shape index (κ1) is 19.3. The van der Waals surface area contributed by atoms with Gasteiger partial charge in [-0.3, -0.25) is 9.59 Å². The lowest BCUT2D eigenvalue weighted by Crippen LogP contribution is -2.35. The van der Waals surface area contributed by atoms with Gasteiger partial charge >= 0.3 is 0 Å². The minimum absolute atomic E-state index is 0.189. The van der Waals surface area contributed by atoms with Crippen LogP contribution in [0.5, 0.6) is 0 Å². The number of amides is 2. The van der Waals surface area contributed by atoms with E-state index in [1.807, 2.05) is 6.07 Å². The van der Waals surface area contributed by atoms with E-state index in [2.05, 4.69) is 15.7 Å². The molecule has 0 aliphatic rings. The smallest absolute Gasteiger partial charge is 0.255 e. The predicted octanol–water partition coefficient (Wildman–Crippen LogP) is 2.79. The lowest BCUT2D eigenvalue weighted by atomic mass is 10.2. The normalized spacial score (nSPS) is 10.5. The van der Waals surface area contributed by atoms with E-state index in [1.54, 1.807) is 54.9 Å². The van der Waals surface area contributed by atoms with Crippen LogP contribution in [0.4, 0.5) is 4.39 Å². The second-order valence-corrected chi connectivity index (χ2v) is 6.31. The van der Waals surface area contributed by atoms with Gasteiger partial charge in [-0.25, -0.2) is 9.07 Å². The van der Waals surface area contributed by atoms with Crippen LogP contribution in [0, 0.1) is 19.7 Å². The quantitative estimate of drug-likeness (QED) is 0.646. The van der Waals surface area contributed by atoms with Crippen LogP contribution in [0.2, 0.25) is 0 Å². The number of hydrogen-bond acceptors (Lipinski definition) is 3. The highest BCUT2D eigenvalue weighted by atomic mass is 19.1. The third-order valence-electron chi connectivity index (χ3n) is 4.32. The minimum Gasteiger partial charge on any atom is -0.350 e. The van der Waals surface area contributed by atoms with Crippen molar-refractivity contribution in [2.24, 2.45) is 0 Å². The summed E-state index contributed by atoms with van der Waals surface area (Å²) >= 11 is 0. The molecule has 28 heavy (non-hydrogen) atoms. The van der Waals surface area contributed by atoms with Crippen molar-refractivity contribution in [1.82, 2.24) is 20.4 Å². The summed E-state index contributed by atoms with van der Waals surface area (Å²) in [5.74, 6) is -0.788. The molecule has 0 radical (unpaired) electrons. The Kier molecular flexibility index (Phi) is 5.84. The van der Waals surface area contributed by atoms with E-state index in [-0.39, 0.29) is 24.2 Å². The number of nitrogens with one attached hydrogen (secondary N) is 2. The Bertz CT molecular complexity index is 982. The van der Waals surface area contributed by atoms with Gasteiger partial charge in [0.2, 0.25) is 0 Å². The van der Waals surface area contributed by atoms with Gasteiger partial charge in [0.1, 0.15) is 5.82 Å². The fourth-order valence-corrected chi connectivity index (χ4v) is 2.94. The molecule has 3 rings (SSSR count). The summed E-state index contributed by atoms with van der Waals surface area (Å²) in [6.45, 7) is 4.14. The largest absolute Gasteiger partial charge is 0.350 e. The van der Waals surface area contributed by atoms with Gasteiger partial charge in [-0.15, -0.1) is 0 Å². The van der Waals surface area contributed by atoms with Gasteiger partial charge < -0.3 is 10.6 Å². The molecule has 0 aliphatic heterocycles. The summed E-state index contributed by atoms with van der Waals surface area (Å²) in [5, 5.41) is 9.95. The zero-order valence-electron chi connectivity index (χ0n) is 15.7. The fraction of sp³-hybridized carbons (Fsp3) is 0.190. The number of halogens is 1. The molecule has 0 saturated carbocycles. The molecule has 2 N–H and O–H groups in total. The summed E-state index contributed by atoms with van der Waals surface area (Å²) in [6, 6.07) is 14.8. The Hall–Kier alpha value is -3.48. The van der Waals surface area contributed by atoms with Crippen LogP contribution in [0.3, 0.4) is 0 Å². The summed E-state index contributed by atoms with van der Waals surface area (Å²) in [6.07, 6.45) is 0. The zero-order valence-corrected chi connectivity index (χ0v) is 15.7. The van der Waals surface area contributed by atoms with E-state index < -0.39 is 0 Å². The molecule has 6 nitrogen and oxygen atoms in total. The molecule has 0 atom stereocenters. The molecule has 2 amide bonds. The number of hydrogen-bond donors (Lipinski definition) is 2. The summed E-state index contributed by atoms with van der Waals surface area (Å²) in [5.41, 5.74) is 2.96. The van der Waals surface area contributed by atoms with Crippen LogP contribution in [-0.2, 0) is 0 Å². The average Bonchev–Trinajstić information content (AvgIpc) is 3.00. The van der Waals surface area contributed by atoms with Crippen molar-refractivity contribution in [2.75, 3.05) is 13.1 Å². The topological polar surface area (TPSA) is 76.0 Å². The predicted molar refractivity (Wildman–Crippen MR) is 104 cm³/mol. The van der Waals surface area contributed by atoms with E-state index in [1.165, 1.54) is 12.1 Å². The van der Waals surface area contributed by atoms with Gasteiger partial charge in [0.25, 0.3) is 11.8 Å². The Morgan fingerprint density at radius 2 is 1.54 bits per heavy atom. The Balaban J connectivity index is 1.60. The van der Waals surface area contributed by atoms with Gasteiger partial charge in [0.05, 0.1) is 22.6 Å². The Labute approximate surface area is 162 Å². The number of aryl methyl sites for hydroxylation is 1. The molecule has 0 unspecified atom stereocenters. The van der Waals surface area contributed by atoms with E-state index in [9.17, 15) is 14.0 Å². The Morgan fingerprint density at radius 3 is 2.18 bits per heavy atom. The molecule has 7 heteroatoms. The van der Waals surface area contributed by atoms with Crippen molar-refractivity contribution in [3.8, 4) is 5.69 Å². The molecule has 3 aromatic rings. The molecule has 1 aromatic heterocycles. The minimum atomic E-state index is -0.333. The molecular weight excluding hydrogens is 359 g/mol. The first-order chi connectivity index (χ1) is 13.5. The lowest BCUT2D eigenvalue weighted by Gasteiger charge is -2.08. The maximum atomic E-state index is 13.1. The van der Waals surface area contributed by atoms with Crippen molar-refractivity contribution in [1.29, 1.82) is 0 Å². The third kappa shape index (κ3) is 4.25. The number of carbonyl (C=O) groups excluding carboxylic acids is 2. The summed E-state index contributed by atoms with van der Waals surface area (Å²) in [4.78, 5) is 24.6. The van der Waals surface area contributed by atoms with Gasteiger partial charge in [-0.1, -0.05) is 18.2 Å². The molecule has 0 spiro atoms. The van der Waals surface area contributed by atoms with Crippen LogP contribution >= 0.6 is 0 Å². The number of rotatable bonds is 6. The molecule has 1 heterocycles. The second kappa shape index (κ2) is 8.47. The van der Waals surface area contributed by atoms with Crippen molar-refractivity contribution in [3.63, 3.8) is 0 Å². The van der Waals surface area contributed by atoms with Crippen LogP contribution in [-0.4, -0.2) is 34.7 Å². The van der Waals surface area contributed by atoms with Gasteiger partial charge in [-0.2, -0.15) is 5.10 Å². The van der Waals surface area contributed by atoms with Crippen LogP contribution in [0.25, 0.3) is 5.69 Å². The highest BCUT2D eigenvalue weighted by molar-refractivity contribution is 5.96. The van der Waals surface area contributed by atoms with Crippen molar-refractivity contribution in [2.45, 2.75) is 13.8 Å².